The Morgan fingerprint density at radius 2 is 0.641 bits per heavy atom. The van der Waals surface area contributed by atoms with Crippen LogP contribution in [0.25, 0.3) is 28.9 Å². The first-order valence-electron chi connectivity index (χ1n) is 36.3. The number of carbonyl (C=O) groups is 10. The standard InChI is InChI=1S/C20H15BrN2O2.2C19H13ClN2O2.C17H13BrN2O3.C16H12N2O3/c21-16-9-5-13(6-10-16)12-23-19(24)18(22-20(23)25)11-15-8-7-14-3-1-2-4-17(14)15;20-14-5-3-6-15(11-14)22-18(23)17(21-19(22)24)10-13-9-8-12-4-1-2-7-16(12)13;20-14-7-9-15(10-8-14)22-18(23)17(21-19(22)24)11-13-6-5-12-3-1-2-4-16(12)13;18-13-5-1-12(2-6-13)10-20-16(22)15(19-17(20)23)9-11-3-7-14(21)8-4-11;19-13-8-6-11(7-9-13)10-14-15(20)18(16(21)17-14)12-4-2-1-3-5-12/h1-6,8-11H,7,12H2,(H,22,25);1-7,9-11H,8H2,(H,21,24);1-4,6-11H,5H2,(H,21,24);1-9,21H,10H2,(H,19,23);1-10,19H,(H,17,21)/b18-11+;17-10+;17-11+;15-9+;14-10+. The number of rotatable bonds is 12. The van der Waals surface area contributed by atoms with Gasteiger partial charge in [-0.25, -0.2) is 38.7 Å². The number of fused-ring (bicyclic) bond motifs is 3. The lowest BCUT2D eigenvalue weighted by molar-refractivity contribution is -0.124. The van der Waals surface area contributed by atoms with Crippen molar-refractivity contribution in [2.75, 3.05) is 14.7 Å². The molecule has 8 aliphatic rings. The van der Waals surface area contributed by atoms with Crippen LogP contribution >= 0.6 is 55.1 Å². The molecule has 0 aromatic heterocycles. The normalized spacial score (nSPS) is 17.2. The van der Waals surface area contributed by atoms with Gasteiger partial charge >= 0.3 is 30.2 Å². The molecule has 18 rings (SSSR count). The maximum absolute atomic E-state index is 12.6. The second-order valence-corrected chi connectivity index (χ2v) is 29.6. The smallest absolute Gasteiger partial charge is 0.333 e. The fourth-order valence-corrected chi connectivity index (χ4v) is 14.2. The number of hydrogen-bond donors (Lipinski definition) is 7. The molecule has 0 bridgehead atoms. The molecule has 10 aromatic carbocycles. The van der Waals surface area contributed by atoms with Crippen molar-refractivity contribution in [3.63, 3.8) is 0 Å². The van der Waals surface area contributed by atoms with E-state index in [0.717, 1.165) is 97.9 Å². The van der Waals surface area contributed by atoms with Crippen LogP contribution in [-0.4, -0.2) is 79.7 Å². The minimum absolute atomic E-state index is 0.143. The van der Waals surface area contributed by atoms with Crippen LogP contribution in [0.5, 0.6) is 11.5 Å². The van der Waals surface area contributed by atoms with Gasteiger partial charge < -0.3 is 36.8 Å². The van der Waals surface area contributed by atoms with E-state index >= 15 is 0 Å². The number of amides is 15. The Morgan fingerprint density at radius 3 is 1.03 bits per heavy atom. The van der Waals surface area contributed by atoms with Crippen LogP contribution in [0.3, 0.4) is 0 Å². The molecule has 7 N–H and O–H groups in total. The Morgan fingerprint density at radius 1 is 0.316 bits per heavy atom. The first-order chi connectivity index (χ1) is 56.5. The number of hydrogen-bond acceptors (Lipinski definition) is 12. The van der Waals surface area contributed by atoms with Crippen molar-refractivity contribution in [3.05, 3.63) is 388 Å². The van der Waals surface area contributed by atoms with E-state index in [0.29, 0.717) is 38.4 Å². The lowest BCUT2D eigenvalue weighted by Gasteiger charge is -2.11. The summed E-state index contributed by atoms with van der Waals surface area (Å²) in [5.41, 5.74) is 15.8. The summed E-state index contributed by atoms with van der Waals surface area (Å²) < 4.78 is 1.90. The summed E-state index contributed by atoms with van der Waals surface area (Å²) in [5.74, 6) is -1.53. The second kappa shape index (κ2) is 35.6. The number of allylic oxidation sites excluding steroid dienone is 9. The fourth-order valence-electron chi connectivity index (χ4n) is 13.3. The van der Waals surface area contributed by atoms with Crippen molar-refractivity contribution in [1.82, 2.24) is 36.4 Å². The molecule has 5 fully saturated rings. The van der Waals surface area contributed by atoms with E-state index in [1.54, 1.807) is 127 Å². The average Bonchev–Trinajstić information content (AvgIpc) is 1.62. The van der Waals surface area contributed by atoms with Crippen LogP contribution in [0.15, 0.2) is 323 Å². The molecule has 0 atom stereocenters. The number of phenols is 2. The SMILES string of the molecule is O=C1N/C(=C/C2=CCc3ccccc32)C(=O)N1Cc1ccc(Br)cc1.O=C1N/C(=C/C2=CCc3ccccc32)C(=O)N1c1ccc(Cl)cc1.O=C1N/C(=C/C2=CCc3ccccc32)C(=O)N1c1cccc(Cl)c1.O=C1N/C(=C/c2ccc(O)cc2)C(=O)N1Cc1ccc(Br)cc1.O=C1N/C(=C/c2ccc(O)cc2)C(=O)N1c1ccccc1. The summed E-state index contributed by atoms with van der Waals surface area (Å²) in [6.07, 6.45) is 17.1. The molecule has 0 spiro atoms. The van der Waals surface area contributed by atoms with Gasteiger partial charge in [0.25, 0.3) is 29.5 Å². The number of nitrogens with one attached hydrogen (secondary N) is 5. The highest BCUT2D eigenvalue weighted by Gasteiger charge is 2.39. The number of phenolic OH excluding ortho intramolecular Hbond substituents is 2. The van der Waals surface area contributed by atoms with Crippen LogP contribution in [0.1, 0.15) is 55.6 Å². The average molecular weight is 1720 g/mol. The summed E-state index contributed by atoms with van der Waals surface area (Å²) >= 11 is 18.5. The fraction of sp³-hybridized carbons (Fsp3) is 0.0549. The monoisotopic (exact) mass is 1720 g/mol. The topological polar surface area (TPSA) is 288 Å². The molecule has 5 aliphatic heterocycles. The van der Waals surface area contributed by atoms with Crippen molar-refractivity contribution < 1.29 is 58.2 Å². The van der Waals surface area contributed by atoms with Gasteiger partial charge in [0.05, 0.1) is 30.2 Å². The Kier molecular flexibility index (Phi) is 24.2. The molecule has 0 unspecified atom stereocenters. The molecular formula is C91H66Br2Cl2N10O12. The molecule has 3 aliphatic carbocycles. The Labute approximate surface area is 697 Å². The van der Waals surface area contributed by atoms with E-state index in [9.17, 15) is 58.2 Å². The highest BCUT2D eigenvalue weighted by atomic mass is 79.9. The molecule has 15 amide bonds. The lowest BCUT2D eigenvalue weighted by atomic mass is 10.1. The Bertz CT molecular complexity index is 5970. The predicted molar refractivity (Wildman–Crippen MR) is 455 cm³/mol. The minimum atomic E-state index is -0.476. The van der Waals surface area contributed by atoms with E-state index in [1.807, 2.05) is 109 Å². The maximum atomic E-state index is 12.6. The van der Waals surface area contributed by atoms with Gasteiger partial charge in [-0.2, -0.15) is 0 Å². The number of para-hydroxylation sites is 1. The highest BCUT2D eigenvalue weighted by Crippen LogP contribution is 2.35. The molecule has 26 heteroatoms. The molecule has 5 heterocycles. The van der Waals surface area contributed by atoms with Crippen LogP contribution in [0, 0.1) is 0 Å². The third-order valence-electron chi connectivity index (χ3n) is 19.2. The van der Waals surface area contributed by atoms with Gasteiger partial charge in [0, 0.05) is 19.0 Å². The van der Waals surface area contributed by atoms with E-state index in [4.69, 9.17) is 23.2 Å². The number of halogens is 4. The van der Waals surface area contributed by atoms with Crippen LogP contribution < -0.4 is 41.3 Å². The van der Waals surface area contributed by atoms with Gasteiger partial charge in [-0.05, 0) is 225 Å². The molecule has 5 saturated heterocycles. The summed E-state index contributed by atoms with van der Waals surface area (Å²) in [6.45, 7) is 0.468. The van der Waals surface area contributed by atoms with Crippen molar-refractivity contribution in [2.45, 2.75) is 32.4 Å². The van der Waals surface area contributed by atoms with Crippen molar-refractivity contribution >= 4 is 161 Å². The number of nitrogens with zero attached hydrogens (tertiary/aromatic N) is 5. The summed E-state index contributed by atoms with van der Waals surface area (Å²) in [4.78, 5) is 129. The largest absolute Gasteiger partial charge is 0.508 e. The molecule has 0 saturated carbocycles. The van der Waals surface area contributed by atoms with Gasteiger partial charge in [-0.3, -0.25) is 33.8 Å². The van der Waals surface area contributed by atoms with Gasteiger partial charge in [0.15, 0.2) is 0 Å². The highest BCUT2D eigenvalue weighted by molar-refractivity contribution is 9.10. The molecule has 580 valence electrons. The first-order valence-corrected chi connectivity index (χ1v) is 38.7. The maximum Gasteiger partial charge on any atom is 0.333 e. The Balaban J connectivity index is 0.000000121. The van der Waals surface area contributed by atoms with Gasteiger partial charge in [-0.15, -0.1) is 0 Å². The molecule has 117 heavy (non-hydrogen) atoms. The lowest BCUT2D eigenvalue weighted by Crippen LogP contribution is -2.30. The number of aromatic hydroxyl groups is 2. The van der Waals surface area contributed by atoms with Crippen molar-refractivity contribution in [3.8, 4) is 11.5 Å². The van der Waals surface area contributed by atoms with Crippen LogP contribution in [0.4, 0.5) is 41.0 Å². The quantitative estimate of drug-likeness (QED) is 0.0444. The number of benzene rings is 10. The Hall–Kier alpha value is -14.0. The van der Waals surface area contributed by atoms with Crippen LogP contribution in [-0.2, 0) is 56.3 Å². The van der Waals surface area contributed by atoms with Gasteiger partial charge in [0.2, 0.25) is 0 Å². The zero-order valence-corrected chi connectivity index (χ0v) is 66.2. The van der Waals surface area contributed by atoms with Gasteiger partial charge in [0.1, 0.15) is 40.0 Å². The minimum Gasteiger partial charge on any atom is -0.508 e. The molecule has 10 aromatic rings. The third kappa shape index (κ3) is 18.6. The summed E-state index contributed by atoms with van der Waals surface area (Å²) in [5, 5.41) is 32.6. The summed E-state index contributed by atoms with van der Waals surface area (Å²) in [7, 11) is 0. The number of carbonyl (C=O) groups excluding carboxylic acids is 10. The molecule has 0 radical (unpaired) electrons. The third-order valence-corrected chi connectivity index (χ3v) is 20.7. The predicted octanol–water partition coefficient (Wildman–Crippen LogP) is 17.6. The number of urea groups is 5. The van der Waals surface area contributed by atoms with E-state index in [-0.39, 0.29) is 77.0 Å². The second-order valence-electron chi connectivity index (χ2n) is 26.9. The van der Waals surface area contributed by atoms with E-state index in [2.05, 4.69) is 94.9 Å². The first kappa shape index (κ1) is 79.6. The zero-order chi connectivity index (χ0) is 82.0. The van der Waals surface area contributed by atoms with E-state index < -0.39 is 30.0 Å². The zero-order valence-electron chi connectivity index (χ0n) is 61.6. The summed E-state index contributed by atoms with van der Waals surface area (Å²) in [6, 6.07) is 71.6. The van der Waals surface area contributed by atoms with Crippen molar-refractivity contribution in [1.29, 1.82) is 0 Å². The molecular weight excluding hydrogens is 1660 g/mol. The van der Waals surface area contributed by atoms with Crippen LogP contribution in [0.2, 0.25) is 10.0 Å². The van der Waals surface area contributed by atoms with Crippen molar-refractivity contribution in [2.24, 2.45) is 0 Å². The number of anilines is 3. The van der Waals surface area contributed by atoms with Gasteiger partial charge in [-0.1, -0.05) is 219 Å². The van der Waals surface area contributed by atoms with E-state index in [1.165, 1.54) is 45.9 Å². The molecule has 22 nitrogen and oxygen atoms in total. The number of imide groups is 5.